The number of fused-ring (bicyclic) bond motifs is 3. The fraction of sp³-hybridized carbons (Fsp3) is 0.238. The van der Waals surface area contributed by atoms with E-state index in [1.54, 1.807) is 26.0 Å². The first-order chi connectivity index (χ1) is 15.6. The summed E-state index contributed by atoms with van der Waals surface area (Å²) in [5.41, 5.74) is 0.614. The summed E-state index contributed by atoms with van der Waals surface area (Å²) in [7, 11) is -4.58. The Morgan fingerprint density at radius 1 is 1.21 bits per heavy atom. The number of imidazole rings is 1. The minimum absolute atomic E-state index is 0. The normalized spacial score (nSPS) is 11.5. The van der Waals surface area contributed by atoms with Gasteiger partial charge in [0.1, 0.15) is 21.7 Å². The summed E-state index contributed by atoms with van der Waals surface area (Å²) in [6.45, 7) is 2.92. The zero-order valence-electron chi connectivity index (χ0n) is 18.6. The molecular weight excluding hydrogens is 479 g/mol. The van der Waals surface area contributed by atoms with Gasteiger partial charge in [-0.2, -0.15) is 0 Å². The molecule has 4 rings (SSSR count). The second kappa shape index (κ2) is 9.90. The largest absolute Gasteiger partial charge is 1.00 e. The Labute approximate surface area is 214 Å². The molecule has 34 heavy (non-hydrogen) atoms. The van der Waals surface area contributed by atoms with Crippen molar-refractivity contribution in [1.29, 1.82) is 0 Å². The number of carbonyl (C=O) groups is 1. The molecule has 0 bridgehead atoms. The number of aromatic amines is 1. The summed E-state index contributed by atoms with van der Waals surface area (Å²) < 4.78 is 58.4. The third-order valence-corrected chi connectivity index (χ3v) is 6.29. The Kier molecular flexibility index (Phi) is 7.56. The van der Waals surface area contributed by atoms with Gasteiger partial charge in [0.25, 0.3) is 0 Å². The van der Waals surface area contributed by atoms with Crippen molar-refractivity contribution >= 4 is 38.0 Å². The van der Waals surface area contributed by atoms with Crippen LogP contribution in [0.25, 0.3) is 26.8 Å². The Morgan fingerprint density at radius 3 is 2.53 bits per heavy atom. The molecule has 0 aliphatic carbocycles. The third-order valence-electron chi connectivity index (χ3n) is 5.01. The van der Waals surface area contributed by atoms with E-state index >= 15 is 0 Å². The molecule has 1 aromatic carbocycles. The second-order valence-electron chi connectivity index (χ2n) is 7.44. The van der Waals surface area contributed by atoms with Gasteiger partial charge >= 0.3 is 35.2 Å². The summed E-state index contributed by atoms with van der Waals surface area (Å²) >= 11 is 0. The second-order valence-corrected chi connectivity index (χ2v) is 9.04. The van der Waals surface area contributed by atoms with E-state index in [2.05, 4.69) is 19.7 Å². The molecule has 13 heteroatoms. The smallest absolute Gasteiger partial charge is 0.542 e. The first-order valence-corrected chi connectivity index (χ1v) is 11.4. The van der Waals surface area contributed by atoms with Crippen LogP contribution in [0.2, 0.25) is 0 Å². The SMILES string of the molecule is CCCC(=O)[N-]S(=O)(=O)c1cc(F)c(Cn2c(=O)[nH]c3cnc4nc(C)ccc4c32)c(F)c1.[Na+]. The molecule has 1 N–H and O–H groups in total. The zero-order chi connectivity index (χ0) is 23.9. The number of aromatic nitrogens is 4. The van der Waals surface area contributed by atoms with Gasteiger partial charge < -0.3 is 14.5 Å². The van der Waals surface area contributed by atoms with Gasteiger partial charge in [0.15, 0.2) is 5.65 Å². The number of amides is 1. The van der Waals surface area contributed by atoms with E-state index in [1.807, 2.05) is 0 Å². The van der Waals surface area contributed by atoms with Crippen LogP contribution < -0.4 is 35.2 Å². The molecule has 0 saturated heterocycles. The maximum absolute atomic E-state index is 14.8. The molecule has 0 aliphatic heterocycles. The van der Waals surface area contributed by atoms with Crippen molar-refractivity contribution in [3.05, 3.63) is 68.6 Å². The molecule has 0 fully saturated rings. The summed E-state index contributed by atoms with van der Waals surface area (Å²) in [5.74, 6) is -3.29. The summed E-state index contributed by atoms with van der Waals surface area (Å²) in [5, 5.41) is 0.504. The summed E-state index contributed by atoms with van der Waals surface area (Å²) in [6, 6.07) is 4.59. The number of nitrogens with zero attached hydrogens (tertiary/aromatic N) is 4. The predicted octanol–water partition coefficient (Wildman–Crippen LogP) is 0.301. The van der Waals surface area contributed by atoms with Gasteiger partial charge in [-0.1, -0.05) is 13.3 Å². The van der Waals surface area contributed by atoms with Crippen LogP contribution in [-0.4, -0.2) is 33.8 Å². The van der Waals surface area contributed by atoms with Crippen LogP contribution in [0.5, 0.6) is 0 Å². The van der Waals surface area contributed by atoms with E-state index in [4.69, 9.17) is 0 Å². The Hall–Kier alpha value is -2.67. The minimum atomic E-state index is -4.58. The fourth-order valence-corrected chi connectivity index (χ4v) is 4.43. The van der Waals surface area contributed by atoms with Crippen molar-refractivity contribution in [2.75, 3.05) is 0 Å². The number of carbonyl (C=O) groups excluding carboxylic acids is 1. The summed E-state index contributed by atoms with van der Waals surface area (Å²) in [4.78, 5) is 34.4. The van der Waals surface area contributed by atoms with Crippen molar-refractivity contribution in [1.82, 2.24) is 19.5 Å². The van der Waals surface area contributed by atoms with E-state index in [-0.39, 0.29) is 36.0 Å². The van der Waals surface area contributed by atoms with Crippen molar-refractivity contribution in [3.63, 3.8) is 0 Å². The van der Waals surface area contributed by atoms with E-state index in [0.29, 0.717) is 46.3 Å². The molecule has 3 heterocycles. The van der Waals surface area contributed by atoms with Crippen molar-refractivity contribution < 1.29 is 51.6 Å². The molecule has 3 aromatic heterocycles. The molecule has 0 radical (unpaired) electrons. The van der Waals surface area contributed by atoms with Crippen LogP contribution in [0.4, 0.5) is 8.78 Å². The first kappa shape index (κ1) is 25.9. The van der Waals surface area contributed by atoms with Gasteiger partial charge in [-0.3, -0.25) is 4.57 Å². The fourth-order valence-electron chi connectivity index (χ4n) is 3.46. The van der Waals surface area contributed by atoms with Crippen LogP contribution in [0.15, 0.2) is 40.2 Å². The van der Waals surface area contributed by atoms with Gasteiger partial charge in [-0.15, -0.1) is 0 Å². The number of aryl methyl sites for hydroxylation is 1. The minimum Gasteiger partial charge on any atom is -0.542 e. The van der Waals surface area contributed by atoms with Gasteiger partial charge in [0.05, 0.1) is 34.6 Å². The number of nitrogens with one attached hydrogen (secondary N) is 1. The van der Waals surface area contributed by atoms with E-state index in [0.717, 1.165) is 4.57 Å². The Morgan fingerprint density at radius 2 is 1.88 bits per heavy atom. The molecule has 0 unspecified atom stereocenters. The van der Waals surface area contributed by atoms with Gasteiger partial charge in [-0.25, -0.2) is 32.0 Å². The Bertz CT molecular complexity index is 1560. The van der Waals surface area contributed by atoms with Gasteiger partial charge in [-0.05, 0) is 37.6 Å². The first-order valence-electron chi connectivity index (χ1n) is 9.94. The van der Waals surface area contributed by atoms with Crippen molar-refractivity contribution in [2.45, 2.75) is 38.1 Å². The monoisotopic (exact) mass is 497 g/mol. The maximum atomic E-state index is 14.8. The molecule has 0 spiro atoms. The molecule has 172 valence electrons. The number of hydrogen-bond donors (Lipinski definition) is 1. The molecule has 4 aromatic rings. The van der Waals surface area contributed by atoms with Gasteiger partial charge in [0.2, 0.25) is 0 Å². The standard InChI is InChI=1S/C21H19F2N5O4S.Na/c1-3-4-18(29)27-33(31,32)12-7-15(22)14(16(23)8-12)10-28-19-13-6-5-11(2)25-20(13)24-9-17(19)26-21(28)30;/h5-9H,3-4,10H2,1-2H3,(H2,26,27,29,30);/q;+1/p-1. The van der Waals surface area contributed by atoms with Crippen molar-refractivity contribution in [3.8, 4) is 0 Å². The Balaban J connectivity index is 0.00000324. The van der Waals surface area contributed by atoms with E-state index < -0.39 is 50.3 Å². The predicted molar refractivity (Wildman–Crippen MR) is 116 cm³/mol. The van der Waals surface area contributed by atoms with Crippen molar-refractivity contribution in [2.24, 2.45) is 0 Å². The number of H-pyrrole nitrogens is 1. The number of rotatable bonds is 6. The number of sulfonamides is 1. The van der Waals surface area contributed by atoms with Crippen LogP contribution in [0.3, 0.4) is 0 Å². The van der Waals surface area contributed by atoms with Crippen LogP contribution >= 0.6 is 0 Å². The topological polar surface area (TPSA) is 129 Å². The van der Waals surface area contributed by atoms with Crippen LogP contribution in [-0.2, 0) is 21.4 Å². The molecule has 9 nitrogen and oxygen atoms in total. The van der Waals surface area contributed by atoms with Crippen LogP contribution in [0, 0.1) is 18.6 Å². The number of pyridine rings is 2. The third kappa shape index (κ3) is 4.90. The molecular formula is C21H18F2N5NaO4S. The molecule has 0 aliphatic rings. The number of benzene rings is 1. The van der Waals surface area contributed by atoms with E-state index in [1.165, 1.54) is 6.20 Å². The quantitative estimate of drug-likeness (QED) is 0.382. The average molecular weight is 497 g/mol. The molecule has 0 saturated carbocycles. The van der Waals surface area contributed by atoms with Crippen LogP contribution in [0.1, 0.15) is 31.0 Å². The number of hydrogen-bond acceptors (Lipinski definition) is 6. The van der Waals surface area contributed by atoms with E-state index in [9.17, 15) is 26.8 Å². The summed E-state index contributed by atoms with van der Waals surface area (Å²) in [6.07, 6.45) is 1.67. The molecule has 0 atom stereocenters. The average Bonchev–Trinajstić information content (AvgIpc) is 3.05. The van der Waals surface area contributed by atoms with Gasteiger partial charge in [0, 0.05) is 16.6 Å². The maximum Gasteiger partial charge on any atom is 1.00 e. The number of halogens is 2. The molecule has 1 amide bonds. The zero-order valence-corrected chi connectivity index (χ0v) is 21.4.